The zero-order valence-electron chi connectivity index (χ0n) is 15.6. The summed E-state index contributed by atoms with van der Waals surface area (Å²) in [6.07, 6.45) is 2.80. The van der Waals surface area contributed by atoms with Crippen molar-refractivity contribution in [1.29, 1.82) is 0 Å². The van der Waals surface area contributed by atoms with Crippen molar-refractivity contribution in [2.45, 2.75) is 25.3 Å². The number of aromatic nitrogens is 1. The van der Waals surface area contributed by atoms with Gasteiger partial charge in [0, 0.05) is 12.5 Å². The quantitative estimate of drug-likeness (QED) is 0.471. The zero-order chi connectivity index (χ0) is 20.0. The number of ether oxygens (including phenoxy) is 1. The maximum atomic E-state index is 9.42. The summed E-state index contributed by atoms with van der Waals surface area (Å²) >= 11 is 5.66. The maximum Gasteiger partial charge on any atom is 0.191 e. The van der Waals surface area contributed by atoms with Crippen LogP contribution >= 0.6 is 11.8 Å². The molecule has 1 aromatic heterocycles. The number of benzene rings is 2. The molecule has 0 unspecified atom stereocenters. The highest BCUT2D eigenvalue weighted by Gasteiger charge is 2.27. The minimum atomic E-state index is -0.888. The topological polar surface area (TPSA) is 87.8 Å². The minimum absolute atomic E-state index is 0.238. The molecule has 0 atom stereocenters. The van der Waals surface area contributed by atoms with Crippen LogP contribution in [0.2, 0.25) is 0 Å². The molecule has 6 nitrogen and oxygen atoms in total. The van der Waals surface area contributed by atoms with Crippen LogP contribution in [0.1, 0.15) is 17.9 Å². The first-order chi connectivity index (χ1) is 13.6. The van der Waals surface area contributed by atoms with E-state index in [4.69, 9.17) is 20.9 Å². The number of rotatable bonds is 9. The number of hydrogen-bond donors (Lipinski definition) is 3. The van der Waals surface area contributed by atoms with E-state index in [-0.39, 0.29) is 13.2 Å². The van der Waals surface area contributed by atoms with Crippen LogP contribution in [0.4, 0.5) is 0 Å². The van der Waals surface area contributed by atoms with E-state index in [1.54, 1.807) is 6.26 Å². The predicted molar refractivity (Wildman–Crippen MR) is 107 cm³/mol. The average molecular weight is 403 g/mol. The number of aliphatic hydroxyl groups is 2. The zero-order valence-corrected chi connectivity index (χ0v) is 16.3. The fourth-order valence-corrected chi connectivity index (χ4v) is 2.96. The molecule has 0 aliphatic heterocycles. The molecule has 0 bridgehead atoms. The third kappa shape index (κ3) is 4.91. The Morgan fingerprint density at radius 3 is 2.14 bits per heavy atom. The van der Waals surface area contributed by atoms with Gasteiger partial charge in [0.2, 0.25) is 0 Å². The highest BCUT2D eigenvalue weighted by Crippen LogP contribution is 2.26. The molecule has 1 heterocycles. The van der Waals surface area contributed by atoms with Gasteiger partial charge in [-0.25, -0.2) is 9.82 Å². The number of oxazole rings is 1. The summed E-state index contributed by atoms with van der Waals surface area (Å²) in [6, 6.07) is 15.3. The van der Waals surface area contributed by atoms with Crippen LogP contribution < -0.4 is 9.57 Å². The lowest BCUT2D eigenvalue weighted by atomic mass is 9.94. The van der Waals surface area contributed by atoms with E-state index in [1.807, 2.05) is 55.5 Å². The molecule has 0 spiro atoms. The van der Waals surface area contributed by atoms with Crippen LogP contribution in [0.3, 0.4) is 0 Å². The Labute approximate surface area is 168 Å². The van der Waals surface area contributed by atoms with E-state index in [0.29, 0.717) is 18.7 Å². The largest absolute Gasteiger partial charge is 0.457 e. The number of hydrogen-bond acceptors (Lipinski definition) is 6. The molecular formula is C21H23ClN2O4. The Kier molecular flexibility index (Phi) is 6.70. The van der Waals surface area contributed by atoms with Gasteiger partial charge in [0.15, 0.2) is 5.89 Å². The number of aryl methyl sites for hydroxylation is 2. The van der Waals surface area contributed by atoms with E-state index in [9.17, 15) is 10.2 Å². The number of nitrogens with one attached hydrogen (secondary N) is 1. The summed E-state index contributed by atoms with van der Waals surface area (Å²) in [7, 11) is 0. The van der Waals surface area contributed by atoms with Crippen molar-refractivity contribution in [2.75, 3.05) is 13.2 Å². The normalized spacial score (nSPS) is 11.6. The van der Waals surface area contributed by atoms with E-state index in [2.05, 4.69) is 9.82 Å². The molecule has 0 aliphatic rings. The van der Waals surface area contributed by atoms with Gasteiger partial charge in [-0.15, -0.1) is 0 Å². The molecule has 148 valence electrons. The smallest absolute Gasteiger partial charge is 0.191 e. The Morgan fingerprint density at radius 1 is 1.04 bits per heavy atom. The van der Waals surface area contributed by atoms with Crippen LogP contribution in [0.15, 0.2) is 59.2 Å². The standard InChI is InChI=1S/C21H23ClN2O4/c1-15-23-20(12-27-15)17-4-8-19(9-5-17)28-18-6-2-16(3-7-18)10-11-21(13-25,14-26)24-22/h2-9,12,24-26H,10-11,13-14H2,1H3. The molecule has 3 N–H and O–H groups in total. The average Bonchev–Trinajstić information content (AvgIpc) is 3.17. The van der Waals surface area contributed by atoms with E-state index < -0.39 is 5.54 Å². The lowest BCUT2D eigenvalue weighted by Crippen LogP contribution is -2.47. The SMILES string of the molecule is Cc1nc(-c2ccc(Oc3ccc(CCC(CO)(CO)NCl)cc3)cc2)co1. The molecule has 7 heteroatoms. The summed E-state index contributed by atoms with van der Waals surface area (Å²) in [5.74, 6) is 2.08. The van der Waals surface area contributed by atoms with Crippen molar-refractivity contribution in [3.05, 3.63) is 66.2 Å². The number of aliphatic hydroxyl groups excluding tert-OH is 2. The lowest BCUT2D eigenvalue weighted by Gasteiger charge is -2.27. The first-order valence-electron chi connectivity index (χ1n) is 8.96. The van der Waals surface area contributed by atoms with Crippen LogP contribution in [0.25, 0.3) is 11.3 Å². The van der Waals surface area contributed by atoms with E-state index in [0.717, 1.165) is 28.3 Å². The summed E-state index contributed by atoms with van der Waals surface area (Å²) in [5, 5.41) is 18.8. The molecule has 3 aromatic rings. The van der Waals surface area contributed by atoms with Crippen molar-refractivity contribution in [1.82, 2.24) is 9.82 Å². The van der Waals surface area contributed by atoms with Gasteiger partial charge in [-0.1, -0.05) is 12.1 Å². The van der Waals surface area contributed by atoms with Gasteiger partial charge in [0.25, 0.3) is 0 Å². The summed E-state index contributed by atoms with van der Waals surface area (Å²) < 4.78 is 11.1. The summed E-state index contributed by atoms with van der Waals surface area (Å²) in [5.41, 5.74) is 1.92. The molecule has 28 heavy (non-hydrogen) atoms. The van der Waals surface area contributed by atoms with Crippen LogP contribution in [0.5, 0.6) is 11.5 Å². The van der Waals surface area contributed by atoms with E-state index in [1.165, 1.54) is 0 Å². The predicted octanol–water partition coefficient (Wildman–Crippen LogP) is 3.84. The first kappa shape index (κ1) is 20.4. The highest BCUT2D eigenvalue weighted by atomic mass is 35.5. The second-order valence-corrected chi connectivity index (χ2v) is 6.90. The van der Waals surface area contributed by atoms with Gasteiger partial charge < -0.3 is 19.4 Å². The third-order valence-electron chi connectivity index (χ3n) is 4.63. The first-order valence-corrected chi connectivity index (χ1v) is 9.34. The van der Waals surface area contributed by atoms with Crippen molar-refractivity contribution in [3.63, 3.8) is 0 Å². The fourth-order valence-electron chi connectivity index (χ4n) is 2.75. The Morgan fingerprint density at radius 2 is 1.64 bits per heavy atom. The Hall–Kier alpha value is -2.38. The number of nitrogens with zero attached hydrogens (tertiary/aromatic N) is 1. The molecule has 0 saturated carbocycles. The molecule has 0 radical (unpaired) electrons. The van der Waals surface area contributed by atoms with Crippen molar-refractivity contribution in [3.8, 4) is 22.8 Å². The third-order valence-corrected chi connectivity index (χ3v) is 5.03. The summed E-state index contributed by atoms with van der Waals surface area (Å²) in [4.78, 5) is 6.79. The minimum Gasteiger partial charge on any atom is -0.457 e. The monoisotopic (exact) mass is 402 g/mol. The second kappa shape index (κ2) is 9.21. The van der Waals surface area contributed by atoms with Gasteiger partial charge in [-0.3, -0.25) is 0 Å². The van der Waals surface area contributed by atoms with E-state index >= 15 is 0 Å². The van der Waals surface area contributed by atoms with Gasteiger partial charge in [-0.05, 0) is 66.6 Å². The molecule has 0 aliphatic carbocycles. The van der Waals surface area contributed by atoms with Gasteiger partial charge in [-0.2, -0.15) is 0 Å². The highest BCUT2D eigenvalue weighted by molar-refractivity contribution is 6.13. The Balaban J connectivity index is 1.59. The maximum absolute atomic E-state index is 9.42. The molecular weight excluding hydrogens is 380 g/mol. The van der Waals surface area contributed by atoms with Crippen molar-refractivity contribution in [2.24, 2.45) is 0 Å². The van der Waals surface area contributed by atoms with Gasteiger partial charge in [0.05, 0.1) is 18.8 Å². The Bertz CT molecular complexity index is 866. The number of halogens is 1. The molecule has 0 amide bonds. The summed E-state index contributed by atoms with van der Waals surface area (Å²) in [6.45, 7) is 1.33. The molecule has 3 rings (SSSR count). The molecule has 2 aromatic carbocycles. The molecule has 0 saturated heterocycles. The lowest BCUT2D eigenvalue weighted by molar-refractivity contribution is 0.103. The van der Waals surface area contributed by atoms with Gasteiger partial charge in [0.1, 0.15) is 23.5 Å². The van der Waals surface area contributed by atoms with Crippen LogP contribution in [0, 0.1) is 6.92 Å². The molecule has 0 fully saturated rings. The van der Waals surface area contributed by atoms with Crippen molar-refractivity contribution >= 4 is 11.8 Å². The fraction of sp³-hybridized carbons (Fsp3) is 0.286. The van der Waals surface area contributed by atoms with Crippen LogP contribution in [-0.4, -0.2) is 33.9 Å². The second-order valence-electron chi connectivity index (χ2n) is 6.71. The van der Waals surface area contributed by atoms with Crippen molar-refractivity contribution < 1.29 is 19.4 Å². The van der Waals surface area contributed by atoms with Gasteiger partial charge >= 0.3 is 0 Å². The van der Waals surface area contributed by atoms with Crippen LogP contribution in [-0.2, 0) is 6.42 Å².